The third-order valence-electron chi connectivity index (χ3n) is 2.88. The summed E-state index contributed by atoms with van der Waals surface area (Å²) in [5, 5.41) is 1.84. The number of hydrogen-bond acceptors (Lipinski definition) is 0. The highest BCUT2D eigenvalue weighted by atomic mass is 31.1. The van der Waals surface area contributed by atoms with E-state index >= 15 is 0 Å². The number of hydrogen-bond donors (Lipinski definition) is 0. The predicted octanol–water partition coefficient (Wildman–Crippen LogP) is 3.33. The highest BCUT2D eigenvalue weighted by Crippen LogP contribution is 2.48. The molecule has 0 aromatic rings. The van der Waals surface area contributed by atoms with Gasteiger partial charge in [-0.05, 0) is 35.9 Å². The Kier molecular flexibility index (Phi) is 1.65. The van der Waals surface area contributed by atoms with Gasteiger partial charge in [0.25, 0.3) is 0 Å². The number of fused-ring (bicyclic) bond motifs is 2. The van der Waals surface area contributed by atoms with Crippen LogP contribution in [-0.2, 0) is 0 Å². The molecule has 2 rings (SSSR count). The molecule has 1 heteroatoms. The zero-order chi connectivity index (χ0) is 8.06. The summed E-state index contributed by atoms with van der Waals surface area (Å²) in [5.41, 5.74) is 1.54. The molecule has 1 aliphatic carbocycles. The molecule has 1 fully saturated rings. The van der Waals surface area contributed by atoms with Gasteiger partial charge in [-0.3, -0.25) is 0 Å². The van der Waals surface area contributed by atoms with Crippen molar-refractivity contribution >= 4 is 13.5 Å². The Morgan fingerprint density at radius 3 is 2.27 bits per heavy atom. The van der Waals surface area contributed by atoms with Crippen LogP contribution in [0, 0.1) is 11.3 Å². The molecule has 0 saturated heterocycles. The molecule has 0 aromatic heterocycles. The van der Waals surface area contributed by atoms with Gasteiger partial charge in [0.2, 0.25) is 0 Å². The minimum absolute atomic E-state index is 0.487. The maximum atomic E-state index is 2.37. The predicted molar refractivity (Wildman–Crippen MR) is 52.5 cm³/mol. The van der Waals surface area contributed by atoms with Crippen molar-refractivity contribution in [3.05, 3.63) is 0 Å². The fraction of sp³-hybridized carbons (Fsp3) is 0.900. The highest BCUT2D eigenvalue weighted by Gasteiger charge is 2.37. The van der Waals surface area contributed by atoms with Gasteiger partial charge in [-0.15, -0.1) is 8.20 Å². The van der Waals surface area contributed by atoms with Crippen LogP contribution in [0.2, 0.25) is 0 Å². The van der Waals surface area contributed by atoms with E-state index < -0.39 is 0 Å². The molecule has 1 aliphatic heterocycles. The van der Waals surface area contributed by atoms with Gasteiger partial charge >= 0.3 is 0 Å². The molecule has 2 atom stereocenters. The maximum absolute atomic E-state index is 2.37. The van der Waals surface area contributed by atoms with Crippen LogP contribution in [0.5, 0.6) is 0 Å². The lowest BCUT2D eigenvalue weighted by atomic mass is 9.84. The smallest absolute Gasteiger partial charge is 0.00147 e. The zero-order valence-corrected chi connectivity index (χ0v) is 8.62. The average molecular weight is 168 g/mol. The summed E-state index contributed by atoms with van der Waals surface area (Å²) in [6.07, 6.45) is 4.50. The first kappa shape index (κ1) is 7.80. The largest absolute Gasteiger partial charge is 0.101 e. The summed E-state index contributed by atoms with van der Waals surface area (Å²) in [4.78, 5) is 0. The Labute approximate surface area is 71.2 Å². The van der Waals surface area contributed by atoms with Gasteiger partial charge in [0.1, 0.15) is 0 Å². The first-order chi connectivity index (χ1) is 5.07. The van der Waals surface area contributed by atoms with Gasteiger partial charge in [-0.2, -0.15) is 0 Å². The lowest BCUT2D eigenvalue weighted by Gasteiger charge is -2.26. The van der Waals surface area contributed by atoms with E-state index in [9.17, 15) is 0 Å². The van der Waals surface area contributed by atoms with Crippen molar-refractivity contribution in [3.63, 3.8) is 0 Å². The van der Waals surface area contributed by atoms with E-state index in [4.69, 9.17) is 0 Å². The Hall–Kier alpha value is 0.170. The zero-order valence-electron chi connectivity index (χ0n) is 7.72. The van der Waals surface area contributed by atoms with Crippen molar-refractivity contribution in [3.8, 4) is 0 Å². The Morgan fingerprint density at radius 1 is 1.27 bits per heavy atom. The second-order valence-electron chi connectivity index (χ2n) is 4.93. The molecule has 2 aliphatic rings. The molecule has 62 valence electrons. The molecule has 0 N–H and O–H groups in total. The van der Waals surface area contributed by atoms with Crippen LogP contribution in [0.1, 0.15) is 40.0 Å². The molecule has 0 spiro atoms. The number of rotatable bonds is 0. The van der Waals surface area contributed by atoms with Crippen LogP contribution in [0.25, 0.3) is 0 Å². The van der Waals surface area contributed by atoms with Crippen molar-refractivity contribution in [2.24, 2.45) is 11.3 Å². The quantitative estimate of drug-likeness (QED) is 0.487. The van der Waals surface area contributed by atoms with Gasteiger partial charge in [0.05, 0.1) is 0 Å². The van der Waals surface area contributed by atoms with E-state index in [1.165, 1.54) is 19.3 Å². The minimum atomic E-state index is 0.487. The molecule has 0 aromatic carbocycles. The summed E-state index contributed by atoms with van der Waals surface area (Å²) < 4.78 is 0. The lowest BCUT2D eigenvalue weighted by molar-refractivity contribution is 0.551. The third-order valence-corrected chi connectivity index (χ3v) is 5.03. The lowest BCUT2D eigenvalue weighted by Crippen LogP contribution is -2.23. The topological polar surface area (TPSA) is 0 Å². The minimum Gasteiger partial charge on any atom is -0.101 e. The summed E-state index contributed by atoms with van der Waals surface area (Å²) in [7, 11) is 1.70. The van der Waals surface area contributed by atoms with E-state index in [-0.39, 0.29) is 0 Å². The van der Waals surface area contributed by atoms with Crippen molar-refractivity contribution in [1.82, 2.24) is 0 Å². The van der Waals surface area contributed by atoms with Crippen LogP contribution in [0.15, 0.2) is 0 Å². The Balaban J connectivity index is 2.23. The van der Waals surface area contributed by atoms with Gasteiger partial charge < -0.3 is 0 Å². The molecule has 0 amide bonds. The Morgan fingerprint density at radius 2 is 2.00 bits per heavy atom. The van der Waals surface area contributed by atoms with Crippen LogP contribution in [-0.4, -0.2) is 11.0 Å². The van der Waals surface area contributed by atoms with Crippen LogP contribution < -0.4 is 0 Å². The van der Waals surface area contributed by atoms with Crippen LogP contribution >= 0.6 is 8.20 Å². The van der Waals surface area contributed by atoms with Crippen LogP contribution in [0.3, 0.4) is 0 Å². The first-order valence-electron chi connectivity index (χ1n) is 4.65. The van der Waals surface area contributed by atoms with E-state index in [2.05, 4.69) is 20.8 Å². The molecule has 2 bridgehead atoms. The molecule has 1 saturated carbocycles. The molecule has 0 radical (unpaired) electrons. The summed E-state index contributed by atoms with van der Waals surface area (Å²) in [5.74, 6) is 1.00. The maximum Gasteiger partial charge on any atom is 0.00147 e. The molecular weight excluding hydrogens is 151 g/mol. The van der Waals surface area contributed by atoms with Crippen molar-refractivity contribution in [2.75, 3.05) is 0 Å². The summed E-state index contributed by atoms with van der Waals surface area (Å²) in [6, 6.07) is 0. The van der Waals surface area contributed by atoms with Gasteiger partial charge in [-0.25, -0.2) is 0 Å². The molecule has 1 heterocycles. The average Bonchev–Trinajstić information content (AvgIpc) is 2.42. The standard InChI is InChI=1S/C10H17P/c1-10(2,3)9-7-4-5-8(6-7)11-9/h7-8H,4-6H2,1-3H3. The van der Waals surface area contributed by atoms with E-state index in [0.29, 0.717) is 5.41 Å². The van der Waals surface area contributed by atoms with Crippen LogP contribution in [0.4, 0.5) is 0 Å². The fourth-order valence-electron chi connectivity index (χ4n) is 2.43. The highest BCUT2D eigenvalue weighted by molar-refractivity contribution is 7.42. The SMILES string of the molecule is CC(C)(C)C1=PC2CCC1C2. The van der Waals surface area contributed by atoms with E-state index in [1.54, 1.807) is 8.20 Å². The molecular formula is C10H17P. The second kappa shape index (κ2) is 2.33. The molecule has 2 unspecified atom stereocenters. The molecule has 0 nitrogen and oxygen atoms in total. The van der Waals surface area contributed by atoms with E-state index in [1.807, 2.05) is 5.29 Å². The monoisotopic (exact) mass is 168 g/mol. The summed E-state index contributed by atoms with van der Waals surface area (Å²) in [6.45, 7) is 7.11. The van der Waals surface area contributed by atoms with Gasteiger partial charge in [0, 0.05) is 5.66 Å². The first-order valence-corrected chi connectivity index (χ1v) is 5.62. The van der Waals surface area contributed by atoms with Gasteiger partial charge in [0.15, 0.2) is 0 Å². The molecule has 11 heavy (non-hydrogen) atoms. The van der Waals surface area contributed by atoms with E-state index in [0.717, 1.165) is 11.6 Å². The summed E-state index contributed by atoms with van der Waals surface area (Å²) >= 11 is 0. The second-order valence-corrected chi connectivity index (χ2v) is 6.40. The third kappa shape index (κ3) is 1.26. The van der Waals surface area contributed by atoms with Crippen molar-refractivity contribution in [2.45, 2.75) is 45.7 Å². The van der Waals surface area contributed by atoms with Gasteiger partial charge in [-0.1, -0.05) is 20.8 Å². The van der Waals surface area contributed by atoms with Crippen molar-refractivity contribution in [1.29, 1.82) is 0 Å². The van der Waals surface area contributed by atoms with Crippen molar-refractivity contribution < 1.29 is 0 Å². The fourth-order valence-corrected chi connectivity index (χ4v) is 4.30. The normalized spacial score (nSPS) is 37.5. The Bertz CT molecular complexity index is 197.